The summed E-state index contributed by atoms with van der Waals surface area (Å²) < 4.78 is 1.88. The Kier molecular flexibility index (Phi) is 6.04. The van der Waals surface area contributed by atoms with Gasteiger partial charge in [-0.1, -0.05) is 52.7 Å². The summed E-state index contributed by atoms with van der Waals surface area (Å²) in [6, 6.07) is 8.17. The van der Waals surface area contributed by atoms with E-state index in [4.69, 9.17) is 5.10 Å². The van der Waals surface area contributed by atoms with E-state index in [9.17, 15) is 4.79 Å². The number of anilines is 1. The Balaban J connectivity index is 2.39. The number of carbonyl (C=O) groups is 1. The zero-order valence-electron chi connectivity index (χ0n) is 16.4. The van der Waals surface area contributed by atoms with Gasteiger partial charge in [0.15, 0.2) is 0 Å². The minimum atomic E-state index is -0.0787. The molecule has 4 heteroatoms. The number of nitrogens with zero attached hydrogens (tertiary/aromatic N) is 2. The van der Waals surface area contributed by atoms with E-state index in [2.05, 4.69) is 59.0 Å². The molecule has 0 saturated heterocycles. The highest BCUT2D eigenvalue weighted by Gasteiger charge is 2.22. The summed E-state index contributed by atoms with van der Waals surface area (Å²) in [5.74, 6) is 0.806. The molecule has 0 aliphatic heterocycles. The fourth-order valence-electron chi connectivity index (χ4n) is 2.73. The van der Waals surface area contributed by atoms with Crippen LogP contribution < -0.4 is 5.32 Å². The first kappa shape index (κ1) is 19.2. The normalized spacial score (nSPS) is 11.6. The van der Waals surface area contributed by atoms with Crippen molar-refractivity contribution < 1.29 is 4.79 Å². The maximum atomic E-state index is 12.3. The van der Waals surface area contributed by atoms with Crippen molar-refractivity contribution in [3.05, 3.63) is 41.1 Å². The second-order valence-corrected chi connectivity index (χ2v) is 7.80. The van der Waals surface area contributed by atoms with Gasteiger partial charge in [0.2, 0.25) is 5.91 Å². The van der Waals surface area contributed by atoms with Crippen LogP contribution in [-0.4, -0.2) is 15.7 Å². The number of unbranched alkanes of at least 4 members (excludes halogenated alkanes) is 2. The Bertz CT molecular complexity index is 738. The van der Waals surface area contributed by atoms with E-state index < -0.39 is 0 Å². The van der Waals surface area contributed by atoms with Gasteiger partial charge in [0.05, 0.1) is 11.4 Å². The predicted octanol–water partition coefficient (Wildman–Crippen LogP) is 5.31. The van der Waals surface area contributed by atoms with Crippen molar-refractivity contribution in [1.29, 1.82) is 0 Å². The van der Waals surface area contributed by atoms with Gasteiger partial charge in [0, 0.05) is 17.9 Å². The van der Waals surface area contributed by atoms with E-state index in [1.807, 2.05) is 16.8 Å². The molecule has 1 heterocycles. The molecule has 2 aromatic rings. The van der Waals surface area contributed by atoms with E-state index in [1.165, 1.54) is 11.1 Å². The highest BCUT2D eigenvalue weighted by Crippen LogP contribution is 2.28. The van der Waals surface area contributed by atoms with Crippen LogP contribution in [0.2, 0.25) is 0 Å². The largest absolute Gasteiger partial charge is 0.311 e. The average molecular weight is 341 g/mol. The third kappa shape index (κ3) is 4.71. The van der Waals surface area contributed by atoms with Crippen molar-refractivity contribution in [3.8, 4) is 5.69 Å². The Labute approximate surface area is 151 Å². The molecule has 1 amide bonds. The van der Waals surface area contributed by atoms with E-state index in [-0.39, 0.29) is 11.3 Å². The van der Waals surface area contributed by atoms with Gasteiger partial charge in [-0.2, -0.15) is 5.10 Å². The number of nitrogens with one attached hydrogen (secondary N) is 1. The van der Waals surface area contributed by atoms with Crippen molar-refractivity contribution in [2.24, 2.45) is 0 Å². The van der Waals surface area contributed by atoms with Gasteiger partial charge in [0.25, 0.3) is 0 Å². The Hall–Kier alpha value is -2.10. The minimum Gasteiger partial charge on any atom is -0.311 e. The lowest BCUT2D eigenvalue weighted by atomic mass is 9.92. The van der Waals surface area contributed by atoms with E-state index in [0.29, 0.717) is 6.42 Å². The molecule has 0 aliphatic carbocycles. The molecule has 25 heavy (non-hydrogen) atoms. The first-order valence-corrected chi connectivity index (χ1v) is 9.21. The van der Waals surface area contributed by atoms with Crippen LogP contribution in [-0.2, 0) is 10.2 Å². The van der Waals surface area contributed by atoms with Crippen molar-refractivity contribution in [3.63, 3.8) is 0 Å². The Morgan fingerprint density at radius 3 is 2.56 bits per heavy atom. The number of rotatable bonds is 6. The van der Waals surface area contributed by atoms with Gasteiger partial charge in [-0.25, -0.2) is 4.68 Å². The van der Waals surface area contributed by atoms with Gasteiger partial charge in [-0.3, -0.25) is 4.79 Å². The summed E-state index contributed by atoms with van der Waals surface area (Å²) >= 11 is 0. The fourth-order valence-corrected chi connectivity index (χ4v) is 2.73. The third-order valence-electron chi connectivity index (χ3n) is 4.56. The molecule has 1 N–H and O–H groups in total. The number of hydrogen-bond donors (Lipinski definition) is 1. The van der Waals surface area contributed by atoms with Gasteiger partial charge in [0.1, 0.15) is 5.82 Å². The number of hydrogen-bond acceptors (Lipinski definition) is 2. The summed E-state index contributed by atoms with van der Waals surface area (Å²) in [4.78, 5) is 12.3. The molecule has 1 aromatic heterocycles. The maximum absolute atomic E-state index is 12.3. The summed E-state index contributed by atoms with van der Waals surface area (Å²) in [6.45, 7) is 12.7. The monoisotopic (exact) mass is 341 g/mol. The smallest absolute Gasteiger partial charge is 0.225 e. The second-order valence-electron chi connectivity index (χ2n) is 7.80. The molecule has 136 valence electrons. The van der Waals surface area contributed by atoms with Crippen LogP contribution in [0.3, 0.4) is 0 Å². The van der Waals surface area contributed by atoms with Gasteiger partial charge in [-0.15, -0.1) is 0 Å². The number of benzene rings is 1. The predicted molar refractivity (Wildman–Crippen MR) is 105 cm³/mol. The summed E-state index contributed by atoms with van der Waals surface area (Å²) in [7, 11) is 0. The molecule has 0 radical (unpaired) electrons. The van der Waals surface area contributed by atoms with Crippen LogP contribution >= 0.6 is 0 Å². The van der Waals surface area contributed by atoms with Crippen LogP contribution in [0.1, 0.15) is 70.2 Å². The van der Waals surface area contributed by atoms with Crippen LogP contribution in [0.15, 0.2) is 24.3 Å². The second kappa shape index (κ2) is 7.85. The van der Waals surface area contributed by atoms with E-state index in [0.717, 1.165) is 36.5 Å². The average Bonchev–Trinajstić information content (AvgIpc) is 2.94. The Morgan fingerprint density at radius 1 is 1.20 bits per heavy atom. The van der Waals surface area contributed by atoms with E-state index in [1.54, 1.807) is 0 Å². The third-order valence-corrected chi connectivity index (χ3v) is 4.56. The number of aryl methyl sites for hydroxylation is 1. The van der Waals surface area contributed by atoms with E-state index >= 15 is 0 Å². The number of aromatic nitrogens is 2. The molecule has 0 bridgehead atoms. The molecule has 4 nitrogen and oxygen atoms in total. The zero-order valence-corrected chi connectivity index (χ0v) is 16.4. The fraction of sp³-hybridized carbons (Fsp3) is 0.524. The molecule has 0 fully saturated rings. The van der Waals surface area contributed by atoms with Gasteiger partial charge in [-0.05, 0) is 37.5 Å². The first-order chi connectivity index (χ1) is 11.7. The molecule has 2 rings (SSSR count). The zero-order chi connectivity index (χ0) is 18.6. The standard InChI is InChI=1S/C21H31N3O/c1-7-8-9-13-20(25)22-19-14-18(21(4,5)6)23-24(19)17-12-10-11-15(2)16(17)3/h10-12,14H,7-9,13H2,1-6H3,(H,22,25). The highest BCUT2D eigenvalue weighted by molar-refractivity contribution is 5.90. The van der Waals surface area contributed by atoms with Crippen LogP contribution in [0.5, 0.6) is 0 Å². The molecule has 0 saturated carbocycles. The first-order valence-electron chi connectivity index (χ1n) is 9.21. The van der Waals surface area contributed by atoms with Crippen molar-refractivity contribution in [2.45, 2.75) is 72.6 Å². The number of carbonyl (C=O) groups excluding carboxylic acids is 1. The SMILES string of the molecule is CCCCCC(=O)Nc1cc(C(C)(C)C)nn1-c1cccc(C)c1C. The lowest BCUT2D eigenvalue weighted by Gasteiger charge is -2.15. The topological polar surface area (TPSA) is 46.9 Å². The molecule has 1 aromatic carbocycles. The molecule has 0 spiro atoms. The summed E-state index contributed by atoms with van der Waals surface area (Å²) in [5.41, 5.74) is 4.29. The van der Waals surface area contributed by atoms with Crippen molar-refractivity contribution in [1.82, 2.24) is 9.78 Å². The van der Waals surface area contributed by atoms with Crippen molar-refractivity contribution >= 4 is 11.7 Å². The summed E-state index contributed by atoms with van der Waals surface area (Å²) in [6.07, 6.45) is 3.67. The lowest BCUT2D eigenvalue weighted by Crippen LogP contribution is -2.15. The van der Waals surface area contributed by atoms with Gasteiger partial charge >= 0.3 is 0 Å². The van der Waals surface area contributed by atoms with Crippen LogP contribution in [0.25, 0.3) is 5.69 Å². The van der Waals surface area contributed by atoms with Crippen LogP contribution in [0.4, 0.5) is 5.82 Å². The minimum absolute atomic E-state index is 0.0559. The summed E-state index contributed by atoms with van der Waals surface area (Å²) in [5, 5.41) is 7.87. The molecule has 0 unspecified atom stereocenters. The Morgan fingerprint density at radius 2 is 1.92 bits per heavy atom. The molecular formula is C21H31N3O. The molecule has 0 atom stereocenters. The molecular weight excluding hydrogens is 310 g/mol. The quantitative estimate of drug-likeness (QED) is 0.724. The van der Waals surface area contributed by atoms with Gasteiger partial charge < -0.3 is 5.32 Å². The number of amides is 1. The maximum Gasteiger partial charge on any atom is 0.225 e. The van der Waals surface area contributed by atoms with Crippen LogP contribution in [0, 0.1) is 13.8 Å². The lowest BCUT2D eigenvalue weighted by molar-refractivity contribution is -0.116. The van der Waals surface area contributed by atoms with Crippen molar-refractivity contribution in [2.75, 3.05) is 5.32 Å². The molecule has 0 aliphatic rings. The highest BCUT2D eigenvalue weighted by atomic mass is 16.1.